The van der Waals surface area contributed by atoms with Gasteiger partial charge >= 0.3 is 0 Å². The molecule has 0 saturated heterocycles. The summed E-state index contributed by atoms with van der Waals surface area (Å²) in [4.78, 5) is 11.4. The standard InChI is InChI=1S/C11H14O2S/c1-2-3-6-13-7-4-11(12)10-5-8-14-9-10/h4-5,7-9H,2-3,6H2,1H3/b7-4+. The largest absolute Gasteiger partial charge is 0.501 e. The van der Waals surface area contributed by atoms with Crippen LogP contribution in [0, 0.1) is 0 Å². The highest BCUT2D eigenvalue weighted by molar-refractivity contribution is 7.08. The molecule has 0 bridgehead atoms. The van der Waals surface area contributed by atoms with Gasteiger partial charge in [0.25, 0.3) is 0 Å². The average molecular weight is 210 g/mol. The van der Waals surface area contributed by atoms with Crippen LogP contribution in [0.3, 0.4) is 0 Å². The van der Waals surface area contributed by atoms with Gasteiger partial charge in [-0.25, -0.2) is 0 Å². The molecular weight excluding hydrogens is 196 g/mol. The quantitative estimate of drug-likeness (QED) is 0.312. The van der Waals surface area contributed by atoms with Crippen LogP contribution in [0.15, 0.2) is 29.2 Å². The number of carbonyl (C=O) groups is 1. The summed E-state index contributed by atoms with van der Waals surface area (Å²) in [5.41, 5.74) is 0.727. The maximum absolute atomic E-state index is 11.4. The number of ketones is 1. The Bertz CT molecular complexity index is 288. The highest BCUT2D eigenvalue weighted by Gasteiger charge is 2.00. The first-order chi connectivity index (χ1) is 6.84. The van der Waals surface area contributed by atoms with Crippen LogP contribution in [0.1, 0.15) is 30.1 Å². The van der Waals surface area contributed by atoms with Gasteiger partial charge in [-0.1, -0.05) is 13.3 Å². The molecule has 0 amide bonds. The molecule has 1 aromatic heterocycles. The van der Waals surface area contributed by atoms with Crippen LogP contribution in [0.25, 0.3) is 0 Å². The van der Waals surface area contributed by atoms with Crippen molar-refractivity contribution < 1.29 is 9.53 Å². The van der Waals surface area contributed by atoms with E-state index in [0.717, 1.165) is 18.4 Å². The third-order valence-electron chi connectivity index (χ3n) is 1.74. The number of rotatable bonds is 6. The van der Waals surface area contributed by atoms with Crippen molar-refractivity contribution in [2.75, 3.05) is 6.61 Å². The van der Waals surface area contributed by atoms with Gasteiger partial charge in [-0.05, 0) is 17.9 Å². The number of allylic oxidation sites excluding steroid dienone is 1. The predicted octanol–water partition coefficient (Wildman–Crippen LogP) is 3.26. The van der Waals surface area contributed by atoms with Crippen molar-refractivity contribution in [2.24, 2.45) is 0 Å². The number of hydrogen-bond donors (Lipinski definition) is 0. The molecule has 0 N–H and O–H groups in total. The Morgan fingerprint density at radius 1 is 1.64 bits per heavy atom. The fourth-order valence-corrected chi connectivity index (χ4v) is 1.55. The second-order valence-electron chi connectivity index (χ2n) is 2.90. The average Bonchev–Trinajstić information content (AvgIpc) is 2.70. The minimum absolute atomic E-state index is 0.00254. The van der Waals surface area contributed by atoms with Gasteiger partial charge in [0.15, 0.2) is 5.78 Å². The lowest BCUT2D eigenvalue weighted by molar-refractivity contribution is 0.104. The van der Waals surface area contributed by atoms with Gasteiger partial charge in [0.05, 0.1) is 12.9 Å². The normalized spacial score (nSPS) is 10.6. The van der Waals surface area contributed by atoms with E-state index in [-0.39, 0.29) is 5.78 Å². The van der Waals surface area contributed by atoms with Gasteiger partial charge < -0.3 is 4.74 Å². The lowest BCUT2D eigenvalue weighted by Crippen LogP contribution is -1.92. The van der Waals surface area contributed by atoms with E-state index in [0.29, 0.717) is 6.61 Å². The van der Waals surface area contributed by atoms with Crippen LogP contribution in [-0.4, -0.2) is 12.4 Å². The molecule has 0 fully saturated rings. The molecule has 0 aromatic carbocycles. The molecule has 3 heteroatoms. The lowest BCUT2D eigenvalue weighted by atomic mass is 10.2. The molecule has 0 radical (unpaired) electrons. The third-order valence-corrected chi connectivity index (χ3v) is 2.42. The van der Waals surface area contributed by atoms with Crippen molar-refractivity contribution in [2.45, 2.75) is 19.8 Å². The molecule has 2 nitrogen and oxygen atoms in total. The number of hydrogen-bond acceptors (Lipinski definition) is 3. The van der Waals surface area contributed by atoms with Gasteiger partial charge in [-0.15, -0.1) is 0 Å². The van der Waals surface area contributed by atoms with Crippen LogP contribution in [0.5, 0.6) is 0 Å². The van der Waals surface area contributed by atoms with E-state index in [1.807, 2.05) is 16.8 Å². The van der Waals surface area contributed by atoms with Gasteiger partial charge in [0.2, 0.25) is 0 Å². The second-order valence-corrected chi connectivity index (χ2v) is 3.68. The van der Waals surface area contributed by atoms with Crippen molar-refractivity contribution in [3.63, 3.8) is 0 Å². The number of ether oxygens (including phenoxy) is 1. The summed E-state index contributed by atoms with van der Waals surface area (Å²) in [7, 11) is 0. The summed E-state index contributed by atoms with van der Waals surface area (Å²) >= 11 is 1.52. The molecule has 1 aromatic rings. The van der Waals surface area contributed by atoms with E-state index in [2.05, 4.69) is 6.92 Å². The molecular formula is C11H14O2S. The first-order valence-electron chi connectivity index (χ1n) is 4.69. The molecule has 0 aliphatic rings. The summed E-state index contributed by atoms with van der Waals surface area (Å²) in [6.45, 7) is 2.79. The van der Waals surface area contributed by atoms with Crippen LogP contribution < -0.4 is 0 Å². The summed E-state index contributed by atoms with van der Waals surface area (Å²) in [5, 5.41) is 3.72. The van der Waals surface area contributed by atoms with Gasteiger partial charge in [-0.3, -0.25) is 4.79 Å². The molecule has 76 valence electrons. The fraction of sp³-hybridized carbons (Fsp3) is 0.364. The smallest absolute Gasteiger partial charge is 0.189 e. The molecule has 0 aliphatic heterocycles. The van der Waals surface area contributed by atoms with Gasteiger partial charge in [0.1, 0.15) is 0 Å². The summed E-state index contributed by atoms with van der Waals surface area (Å²) in [6, 6.07) is 1.81. The Hall–Kier alpha value is -1.09. The summed E-state index contributed by atoms with van der Waals surface area (Å²) < 4.78 is 5.14. The summed E-state index contributed by atoms with van der Waals surface area (Å²) in [5.74, 6) is 0.00254. The van der Waals surface area contributed by atoms with Crippen molar-refractivity contribution in [1.29, 1.82) is 0 Å². The molecule has 0 saturated carbocycles. The van der Waals surface area contributed by atoms with Crippen molar-refractivity contribution in [3.8, 4) is 0 Å². The molecule has 1 rings (SSSR count). The number of unbranched alkanes of at least 4 members (excludes halogenated alkanes) is 1. The van der Waals surface area contributed by atoms with Crippen LogP contribution in [0.4, 0.5) is 0 Å². The van der Waals surface area contributed by atoms with E-state index in [1.54, 1.807) is 0 Å². The molecule has 14 heavy (non-hydrogen) atoms. The van der Waals surface area contributed by atoms with E-state index >= 15 is 0 Å². The topological polar surface area (TPSA) is 26.3 Å². The Labute approximate surface area is 88.2 Å². The SMILES string of the molecule is CCCCO/C=C/C(=O)c1ccsc1. The van der Waals surface area contributed by atoms with Crippen LogP contribution in [0.2, 0.25) is 0 Å². The van der Waals surface area contributed by atoms with Crippen LogP contribution in [-0.2, 0) is 4.74 Å². The van der Waals surface area contributed by atoms with Crippen molar-refractivity contribution in [3.05, 3.63) is 34.7 Å². The molecule has 0 unspecified atom stereocenters. The zero-order chi connectivity index (χ0) is 10.2. The second kappa shape index (κ2) is 6.38. The maximum Gasteiger partial charge on any atom is 0.189 e. The van der Waals surface area contributed by atoms with E-state index < -0.39 is 0 Å². The lowest BCUT2D eigenvalue weighted by Gasteiger charge is -1.96. The Kier molecular flexibility index (Phi) is 5.00. The maximum atomic E-state index is 11.4. The summed E-state index contributed by atoms with van der Waals surface area (Å²) in [6.07, 6.45) is 5.08. The first-order valence-corrected chi connectivity index (χ1v) is 5.63. The zero-order valence-electron chi connectivity index (χ0n) is 8.23. The van der Waals surface area contributed by atoms with E-state index in [1.165, 1.54) is 23.7 Å². The van der Waals surface area contributed by atoms with Gasteiger partial charge in [-0.2, -0.15) is 11.3 Å². The molecule has 0 aliphatic carbocycles. The third kappa shape index (κ3) is 3.75. The Morgan fingerprint density at radius 3 is 3.14 bits per heavy atom. The van der Waals surface area contributed by atoms with E-state index in [9.17, 15) is 4.79 Å². The monoisotopic (exact) mass is 210 g/mol. The minimum Gasteiger partial charge on any atom is -0.501 e. The van der Waals surface area contributed by atoms with Crippen molar-refractivity contribution in [1.82, 2.24) is 0 Å². The number of carbonyl (C=O) groups excluding carboxylic acids is 1. The van der Waals surface area contributed by atoms with E-state index in [4.69, 9.17) is 4.74 Å². The highest BCUT2D eigenvalue weighted by Crippen LogP contribution is 2.07. The van der Waals surface area contributed by atoms with Crippen LogP contribution >= 0.6 is 11.3 Å². The number of thiophene rings is 1. The fourth-order valence-electron chi connectivity index (χ4n) is 0.907. The minimum atomic E-state index is 0.00254. The Morgan fingerprint density at radius 2 is 2.50 bits per heavy atom. The van der Waals surface area contributed by atoms with Gasteiger partial charge in [0, 0.05) is 17.0 Å². The Balaban J connectivity index is 2.27. The molecule has 0 spiro atoms. The zero-order valence-corrected chi connectivity index (χ0v) is 9.05. The first kappa shape index (κ1) is 11.0. The molecule has 1 heterocycles. The highest BCUT2D eigenvalue weighted by atomic mass is 32.1. The van der Waals surface area contributed by atoms with Crippen molar-refractivity contribution >= 4 is 17.1 Å². The molecule has 0 atom stereocenters. The predicted molar refractivity (Wildman–Crippen MR) is 58.6 cm³/mol.